The van der Waals surface area contributed by atoms with Crippen molar-refractivity contribution in [3.8, 4) is 5.75 Å². The molecule has 2 rings (SSSR count). The number of nitrogens with one attached hydrogen (secondary N) is 2. The number of hydrogen-bond donors (Lipinski definition) is 2. The molecule has 0 aliphatic rings. The Morgan fingerprint density at radius 3 is 2.44 bits per heavy atom. The van der Waals surface area contributed by atoms with Crippen LogP contribution in [0.3, 0.4) is 0 Å². The van der Waals surface area contributed by atoms with Crippen LogP contribution < -0.4 is 15.4 Å². The van der Waals surface area contributed by atoms with E-state index in [1.807, 2.05) is 26.1 Å². The summed E-state index contributed by atoms with van der Waals surface area (Å²) in [6.45, 7) is 2.15. The second kappa shape index (κ2) is 9.24. The summed E-state index contributed by atoms with van der Waals surface area (Å²) in [6.07, 6.45) is -5.17. The van der Waals surface area contributed by atoms with E-state index >= 15 is 0 Å². The van der Waals surface area contributed by atoms with Crippen molar-refractivity contribution in [2.75, 3.05) is 13.7 Å². The summed E-state index contributed by atoms with van der Waals surface area (Å²) in [5.41, 5.74) is 0.905. The first-order valence-corrected chi connectivity index (χ1v) is 8.35. The van der Waals surface area contributed by atoms with E-state index in [-0.39, 0.29) is 19.0 Å². The summed E-state index contributed by atoms with van der Waals surface area (Å²) in [4.78, 5) is 4.35. The zero-order valence-electron chi connectivity index (χ0n) is 15.5. The fourth-order valence-electron chi connectivity index (χ4n) is 2.17. The molecule has 0 saturated heterocycles. The van der Waals surface area contributed by atoms with Gasteiger partial charge in [-0.2, -0.15) is 13.2 Å². The highest BCUT2D eigenvalue weighted by Crippen LogP contribution is 2.18. The minimum atomic E-state index is -4.23. The monoisotopic (exact) mass is 384 g/mol. The average Bonchev–Trinajstić information content (AvgIpc) is 2.95. The van der Waals surface area contributed by atoms with E-state index in [2.05, 4.69) is 25.8 Å². The number of methoxy groups -OCH3 is 1. The first-order chi connectivity index (χ1) is 12.8. The van der Waals surface area contributed by atoms with Crippen molar-refractivity contribution in [3.63, 3.8) is 0 Å². The Balaban J connectivity index is 2.01. The van der Waals surface area contributed by atoms with Gasteiger partial charge in [-0.05, 0) is 24.6 Å². The molecule has 1 aromatic carbocycles. The van der Waals surface area contributed by atoms with Gasteiger partial charge in [-0.15, -0.1) is 10.2 Å². The standard InChI is InChI=1S/C17H23F3N6O/c1-12-24-25-15(26(12)2)11-23-16(21-9-8-17(18,19)20)22-10-13-4-6-14(27-3)7-5-13/h4-7H,8-11H2,1-3H3,(H2,21,22,23). The molecule has 0 unspecified atom stereocenters. The summed E-state index contributed by atoms with van der Waals surface area (Å²) in [5, 5.41) is 13.7. The smallest absolute Gasteiger partial charge is 0.390 e. The number of guanidine groups is 1. The highest BCUT2D eigenvalue weighted by atomic mass is 19.4. The summed E-state index contributed by atoms with van der Waals surface area (Å²) >= 11 is 0. The van der Waals surface area contributed by atoms with Gasteiger partial charge in [0.05, 0.1) is 26.6 Å². The average molecular weight is 384 g/mol. The molecule has 0 bridgehead atoms. The van der Waals surface area contributed by atoms with Crippen molar-refractivity contribution in [2.24, 2.45) is 12.0 Å². The van der Waals surface area contributed by atoms with Gasteiger partial charge in [0.2, 0.25) is 0 Å². The van der Waals surface area contributed by atoms with Gasteiger partial charge in [-0.3, -0.25) is 0 Å². The van der Waals surface area contributed by atoms with E-state index in [0.717, 1.165) is 17.1 Å². The third kappa shape index (κ3) is 6.80. The first kappa shape index (κ1) is 20.5. The zero-order chi connectivity index (χ0) is 19.9. The second-order valence-electron chi connectivity index (χ2n) is 5.88. The topological polar surface area (TPSA) is 76.4 Å². The summed E-state index contributed by atoms with van der Waals surface area (Å²) in [6, 6.07) is 7.30. The summed E-state index contributed by atoms with van der Waals surface area (Å²) in [7, 11) is 3.39. The lowest BCUT2D eigenvalue weighted by Crippen LogP contribution is -2.39. The zero-order valence-corrected chi connectivity index (χ0v) is 15.5. The molecule has 1 heterocycles. The number of hydrogen-bond acceptors (Lipinski definition) is 4. The maximum Gasteiger partial charge on any atom is 0.390 e. The van der Waals surface area contributed by atoms with Gasteiger partial charge in [-0.1, -0.05) is 12.1 Å². The molecule has 0 aliphatic heterocycles. The SMILES string of the molecule is COc1ccc(CN=C(NCCC(F)(F)F)NCc2nnc(C)n2C)cc1. The van der Waals surface area contributed by atoms with Crippen molar-refractivity contribution in [1.29, 1.82) is 0 Å². The Bertz CT molecular complexity index is 755. The number of aryl methyl sites for hydroxylation is 1. The molecule has 0 atom stereocenters. The first-order valence-electron chi connectivity index (χ1n) is 8.35. The highest BCUT2D eigenvalue weighted by Gasteiger charge is 2.26. The number of nitrogens with zero attached hydrogens (tertiary/aromatic N) is 4. The van der Waals surface area contributed by atoms with Gasteiger partial charge < -0.3 is 19.9 Å². The number of alkyl halides is 3. The molecule has 2 aromatic rings. The van der Waals surface area contributed by atoms with Crippen LogP contribution in [0.2, 0.25) is 0 Å². The molecule has 7 nitrogen and oxygen atoms in total. The van der Waals surface area contributed by atoms with Crippen LogP contribution in [0.1, 0.15) is 23.6 Å². The molecule has 148 valence electrons. The lowest BCUT2D eigenvalue weighted by molar-refractivity contribution is -0.132. The van der Waals surface area contributed by atoms with E-state index in [4.69, 9.17) is 4.74 Å². The van der Waals surface area contributed by atoms with Gasteiger partial charge in [0.1, 0.15) is 11.6 Å². The largest absolute Gasteiger partial charge is 0.497 e. The lowest BCUT2D eigenvalue weighted by atomic mass is 10.2. The minimum absolute atomic E-state index is 0.268. The number of halogens is 3. The molecule has 1 aromatic heterocycles. The third-order valence-electron chi connectivity index (χ3n) is 3.88. The lowest BCUT2D eigenvalue weighted by Gasteiger charge is -2.13. The number of aliphatic imine (C=N–C) groups is 1. The van der Waals surface area contributed by atoms with E-state index < -0.39 is 12.6 Å². The van der Waals surface area contributed by atoms with Crippen LogP contribution in [0.5, 0.6) is 5.75 Å². The molecular formula is C17H23F3N6O. The fourth-order valence-corrected chi connectivity index (χ4v) is 2.17. The molecule has 0 radical (unpaired) electrons. The van der Waals surface area contributed by atoms with Gasteiger partial charge in [0.25, 0.3) is 0 Å². The highest BCUT2D eigenvalue weighted by molar-refractivity contribution is 5.79. The van der Waals surface area contributed by atoms with E-state index in [9.17, 15) is 13.2 Å². The summed E-state index contributed by atoms with van der Waals surface area (Å²) in [5.74, 6) is 2.40. The number of ether oxygens (including phenoxy) is 1. The Morgan fingerprint density at radius 1 is 1.19 bits per heavy atom. The molecule has 10 heteroatoms. The molecule has 2 N–H and O–H groups in total. The van der Waals surface area contributed by atoms with Crippen molar-refractivity contribution in [1.82, 2.24) is 25.4 Å². The quantitative estimate of drug-likeness (QED) is 0.566. The minimum Gasteiger partial charge on any atom is -0.497 e. The van der Waals surface area contributed by atoms with Gasteiger partial charge in [0, 0.05) is 13.6 Å². The molecule has 0 saturated carbocycles. The molecule has 0 amide bonds. The maximum absolute atomic E-state index is 12.4. The van der Waals surface area contributed by atoms with Gasteiger partial charge in [0.15, 0.2) is 11.8 Å². The van der Waals surface area contributed by atoms with Crippen LogP contribution in [0.4, 0.5) is 13.2 Å². The van der Waals surface area contributed by atoms with Crippen molar-refractivity contribution in [3.05, 3.63) is 41.5 Å². The van der Waals surface area contributed by atoms with Crippen LogP contribution in [0, 0.1) is 6.92 Å². The van der Waals surface area contributed by atoms with Crippen LogP contribution in [-0.2, 0) is 20.1 Å². The van der Waals surface area contributed by atoms with Crippen LogP contribution >= 0.6 is 0 Å². The fraction of sp³-hybridized carbons (Fsp3) is 0.471. The third-order valence-corrected chi connectivity index (χ3v) is 3.88. The van der Waals surface area contributed by atoms with Gasteiger partial charge in [-0.25, -0.2) is 4.99 Å². The Morgan fingerprint density at radius 2 is 1.89 bits per heavy atom. The Labute approximate surface area is 155 Å². The Kier molecular flexibility index (Phi) is 7.03. The normalized spacial score (nSPS) is 12.1. The Hall–Kier alpha value is -2.78. The predicted octanol–water partition coefficient (Wildman–Crippen LogP) is 2.32. The number of benzene rings is 1. The van der Waals surface area contributed by atoms with E-state index in [1.165, 1.54) is 0 Å². The van der Waals surface area contributed by atoms with Crippen molar-refractivity contribution in [2.45, 2.75) is 32.6 Å². The van der Waals surface area contributed by atoms with Crippen LogP contribution in [-0.4, -0.2) is 40.6 Å². The number of rotatable bonds is 7. The molecule has 0 fully saturated rings. The molecular weight excluding hydrogens is 361 g/mol. The van der Waals surface area contributed by atoms with E-state index in [1.54, 1.807) is 23.8 Å². The van der Waals surface area contributed by atoms with Crippen LogP contribution in [0.15, 0.2) is 29.3 Å². The molecule has 27 heavy (non-hydrogen) atoms. The summed E-state index contributed by atoms with van der Waals surface area (Å²) < 4.78 is 44.1. The molecule has 0 spiro atoms. The number of aromatic nitrogens is 3. The van der Waals surface area contributed by atoms with E-state index in [0.29, 0.717) is 12.4 Å². The van der Waals surface area contributed by atoms with Crippen molar-refractivity contribution >= 4 is 5.96 Å². The second-order valence-corrected chi connectivity index (χ2v) is 5.88. The predicted molar refractivity (Wildman–Crippen MR) is 95.4 cm³/mol. The molecule has 0 aliphatic carbocycles. The van der Waals surface area contributed by atoms with Crippen molar-refractivity contribution < 1.29 is 17.9 Å². The van der Waals surface area contributed by atoms with Crippen LogP contribution in [0.25, 0.3) is 0 Å². The maximum atomic E-state index is 12.4. The van der Waals surface area contributed by atoms with Gasteiger partial charge >= 0.3 is 6.18 Å².